The summed E-state index contributed by atoms with van der Waals surface area (Å²) in [5.74, 6) is -0.375. The van der Waals surface area contributed by atoms with E-state index in [4.69, 9.17) is 19.9 Å². The molecular weight excluding hydrogens is 446 g/mol. The summed E-state index contributed by atoms with van der Waals surface area (Å²) in [4.78, 5) is 39.9. The molecule has 3 N–H and O–H groups in total. The molecule has 1 aliphatic heterocycles. The Balaban J connectivity index is 1.62. The third-order valence-corrected chi connectivity index (χ3v) is 5.05. The molecule has 0 fully saturated rings. The highest BCUT2D eigenvalue weighted by Gasteiger charge is 2.20. The molecule has 3 rings (SSSR count). The number of carbonyl (C=O) groups is 3. The minimum absolute atomic E-state index is 0.206. The SMILES string of the molecule is CCOC(=O)c1ccc(NC(=O)COc2ccc(/C=C3\SC(N)=NC3=O)cc2OCC)cc1. The minimum Gasteiger partial charge on any atom is -0.490 e. The van der Waals surface area contributed by atoms with E-state index in [0.29, 0.717) is 39.8 Å². The zero-order valence-electron chi connectivity index (χ0n) is 18.1. The lowest BCUT2D eigenvalue weighted by atomic mass is 10.2. The highest BCUT2D eigenvalue weighted by Crippen LogP contribution is 2.32. The largest absolute Gasteiger partial charge is 0.490 e. The van der Waals surface area contributed by atoms with Crippen molar-refractivity contribution in [3.63, 3.8) is 0 Å². The molecule has 2 aromatic rings. The van der Waals surface area contributed by atoms with Gasteiger partial charge in [0.15, 0.2) is 23.3 Å². The number of nitrogens with zero attached hydrogens (tertiary/aromatic N) is 1. The normalized spacial score (nSPS) is 14.1. The number of nitrogens with one attached hydrogen (secondary N) is 1. The first-order valence-electron chi connectivity index (χ1n) is 10.1. The van der Waals surface area contributed by atoms with E-state index in [-0.39, 0.29) is 30.2 Å². The van der Waals surface area contributed by atoms with Crippen molar-refractivity contribution in [1.29, 1.82) is 0 Å². The lowest BCUT2D eigenvalue weighted by Crippen LogP contribution is -2.20. The van der Waals surface area contributed by atoms with E-state index in [1.807, 2.05) is 6.92 Å². The van der Waals surface area contributed by atoms with Crippen LogP contribution in [0.2, 0.25) is 0 Å². The summed E-state index contributed by atoms with van der Waals surface area (Å²) in [6, 6.07) is 11.5. The van der Waals surface area contributed by atoms with Crippen molar-refractivity contribution in [2.75, 3.05) is 25.1 Å². The van der Waals surface area contributed by atoms with E-state index >= 15 is 0 Å². The second-order valence-corrected chi connectivity index (χ2v) is 7.70. The maximum absolute atomic E-state index is 12.3. The first kappa shape index (κ1) is 23.9. The van der Waals surface area contributed by atoms with Gasteiger partial charge in [0.2, 0.25) is 0 Å². The molecule has 0 unspecified atom stereocenters. The minimum atomic E-state index is -0.423. The Hall–Kier alpha value is -3.79. The number of amides is 2. The number of anilines is 1. The molecule has 0 atom stereocenters. The van der Waals surface area contributed by atoms with Gasteiger partial charge in [-0.25, -0.2) is 4.79 Å². The average Bonchev–Trinajstić information content (AvgIpc) is 3.10. The van der Waals surface area contributed by atoms with Crippen LogP contribution in [0.5, 0.6) is 11.5 Å². The van der Waals surface area contributed by atoms with Crippen LogP contribution in [-0.4, -0.2) is 42.8 Å². The van der Waals surface area contributed by atoms with Crippen LogP contribution in [0.25, 0.3) is 6.08 Å². The number of esters is 1. The number of hydrogen-bond donors (Lipinski definition) is 2. The van der Waals surface area contributed by atoms with Gasteiger partial charge in [-0.1, -0.05) is 6.07 Å². The molecule has 2 aromatic carbocycles. The van der Waals surface area contributed by atoms with Crippen molar-refractivity contribution >= 4 is 46.5 Å². The Labute approximate surface area is 195 Å². The van der Waals surface area contributed by atoms with Crippen molar-refractivity contribution in [2.24, 2.45) is 10.7 Å². The summed E-state index contributed by atoms with van der Waals surface area (Å²) < 4.78 is 16.2. The number of amidine groups is 1. The summed E-state index contributed by atoms with van der Waals surface area (Å²) in [6.07, 6.45) is 1.66. The van der Waals surface area contributed by atoms with E-state index in [1.54, 1.807) is 55.5 Å². The molecule has 1 heterocycles. The molecular formula is C23H23N3O6S. The predicted octanol–water partition coefficient (Wildman–Crippen LogP) is 3.21. The molecule has 0 spiro atoms. The second kappa shape index (κ2) is 11.2. The highest BCUT2D eigenvalue weighted by molar-refractivity contribution is 8.18. The number of nitrogens with two attached hydrogens (primary N) is 1. The fourth-order valence-electron chi connectivity index (χ4n) is 2.82. The number of rotatable bonds is 9. The van der Waals surface area contributed by atoms with Gasteiger partial charge in [0.05, 0.1) is 23.7 Å². The monoisotopic (exact) mass is 469 g/mol. The summed E-state index contributed by atoms with van der Waals surface area (Å²) in [7, 11) is 0. The maximum Gasteiger partial charge on any atom is 0.338 e. The number of aliphatic imine (C=N–C) groups is 1. The fourth-order valence-corrected chi connectivity index (χ4v) is 3.51. The number of thioether (sulfide) groups is 1. The van der Waals surface area contributed by atoms with Crippen LogP contribution in [0.3, 0.4) is 0 Å². The van der Waals surface area contributed by atoms with Gasteiger partial charge in [0.25, 0.3) is 11.8 Å². The van der Waals surface area contributed by atoms with Gasteiger partial charge in [-0.15, -0.1) is 0 Å². The van der Waals surface area contributed by atoms with Crippen molar-refractivity contribution in [1.82, 2.24) is 0 Å². The Morgan fingerprint density at radius 1 is 1.06 bits per heavy atom. The molecule has 10 heteroatoms. The molecule has 0 saturated carbocycles. The van der Waals surface area contributed by atoms with Crippen LogP contribution in [0, 0.1) is 0 Å². The Morgan fingerprint density at radius 3 is 2.45 bits per heavy atom. The quantitative estimate of drug-likeness (QED) is 0.423. The Kier molecular flexibility index (Phi) is 8.09. The summed E-state index contributed by atoms with van der Waals surface area (Å²) in [5, 5.41) is 2.91. The number of hydrogen-bond acceptors (Lipinski definition) is 8. The molecule has 33 heavy (non-hydrogen) atoms. The standard InChI is InChI=1S/C23H23N3O6S/c1-3-30-18-11-14(12-19-21(28)26-23(24)33-19)5-10-17(18)32-13-20(27)25-16-8-6-15(7-9-16)22(29)31-4-2/h5-12H,3-4,13H2,1-2H3,(H,25,27)(H2,24,26,28)/b19-12-. The second-order valence-electron chi connectivity index (χ2n) is 6.64. The number of carbonyl (C=O) groups excluding carboxylic acids is 3. The summed E-state index contributed by atoms with van der Waals surface area (Å²) >= 11 is 1.10. The van der Waals surface area contributed by atoms with Gasteiger partial charge in [0, 0.05) is 5.69 Å². The van der Waals surface area contributed by atoms with Gasteiger partial charge in [-0.2, -0.15) is 4.99 Å². The topological polar surface area (TPSA) is 129 Å². The van der Waals surface area contributed by atoms with Gasteiger partial charge in [-0.3, -0.25) is 9.59 Å². The van der Waals surface area contributed by atoms with Gasteiger partial charge >= 0.3 is 5.97 Å². The number of benzene rings is 2. The maximum atomic E-state index is 12.3. The summed E-state index contributed by atoms with van der Waals surface area (Å²) in [6.45, 7) is 3.98. The molecule has 0 bridgehead atoms. The predicted molar refractivity (Wildman–Crippen MR) is 126 cm³/mol. The molecule has 0 saturated heterocycles. The van der Waals surface area contributed by atoms with Crippen molar-refractivity contribution in [3.05, 3.63) is 58.5 Å². The van der Waals surface area contributed by atoms with Crippen molar-refractivity contribution in [2.45, 2.75) is 13.8 Å². The first-order chi connectivity index (χ1) is 15.9. The van der Waals surface area contributed by atoms with Crippen LogP contribution in [0.4, 0.5) is 5.69 Å². The van der Waals surface area contributed by atoms with E-state index in [2.05, 4.69) is 10.3 Å². The molecule has 1 aliphatic rings. The van der Waals surface area contributed by atoms with E-state index < -0.39 is 5.97 Å². The van der Waals surface area contributed by atoms with Crippen LogP contribution in [-0.2, 0) is 14.3 Å². The highest BCUT2D eigenvalue weighted by atomic mass is 32.2. The van der Waals surface area contributed by atoms with Gasteiger partial charge < -0.3 is 25.3 Å². The van der Waals surface area contributed by atoms with Crippen LogP contribution in [0.1, 0.15) is 29.8 Å². The third kappa shape index (κ3) is 6.59. The molecule has 0 aliphatic carbocycles. The molecule has 0 aromatic heterocycles. The zero-order valence-corrected chi connectivity index (χ0v) is 18.9. The Morgan fingerprint density at radius 2 is 1.82 bits per heavy atom. The van der Waals surface area contributed by atoms with E-state index in [1.165, 1.54) is 0 Å². The molecule has 172 valence electrons. The summed E-state index contributed by atoms with van der Waals surface area (Å²) in [5.41, 5.74) is 7.20. The van der Waals surface area contributed by atoms with Crippen molar-refractivity contribution in [3.8, 4) is 11.5 Å². The van der Waals surface area contributed by atoms with Crippen LogP contribution < -0.4 is 20.5 Å². The fraction of sp³-hybridized carbons (Fsp3) is 0.217. The zero-order chi connectivity index (χ0) is 23.8. The molecule has 0 radical (unpaired) electrons. The first-order valence-corrected chi connectivity index (χ1v) is 11.0. The third-order valence-electron chi connectivity index (χ3n) is 4.24. The molecule has 2 amide bonds. The van der Waals surface area contributed by atoms with Crippen LogP contribution in [0.15, 0.2) is 52.4 Å². The lowest BCUT2D eigenvalue weighted by Gasteiger charge is -2.13. The average molecular weight is 470 g/mol. The smallest absolute Gasteiger partial charge is 0.338 e. The lowest BCUT2D eigenvalue weighted by molar-refractivity contribution is -0.118. The molecule has 9 nitrogen and oxygen atoms in total. The number of ether oxygens (including phenoxy) is 3. The Bertz CT molecular complexity index is 1110. The van der Waals surface area contributed by atoms with Crippen LogP contribution >= 0.6 is 11.8 Å². The van der Waals surface area contributed by atoms with Crippen molar-refractivity contribution < 1.29 is 28.6 Å². The van der Waals surface area contributed by atoms with E-state index in [0.717, 1.165) is 11.8 Å². The van der Waals surface area contributed by atoms with E-state index in [9.17, 15) is 14.4 Å². The van der Waals surface area contributed by atoms with Gasteiger partial charge in [0.1, 0.15) is 0 Å². The van der Waals surface area contributed by atoms with Gasteiger partial charge in [-0.05, 0) is 73.6 Å².